The largest absolute Gasteiger partial charge is 0.338 e. The molecule has 1 aromatic rings. The van der Waals surface area contributed by atoms with E-state index in [4.69, 9.17) is 5.73 Å². The van der Waals surface area contributed by atoms with Gasteiger partial charge in [0.15, 0.2) is 0 Å². The van der Waals surface area contributed by atoms with E-state index < -0.39 is 0 Å². The summed E-state index contributed by atoms with van der Waals surface area (Å²) in [6, 6.07) is 8.31. The highest BCUT2D eigenvalue weighted by atomic mass is 16.2. The molecule has 2 N–H and O–H groups in total. The lowest BCUT2D eigenvalue weighted by Gasteiger charge is -2.22. The molecule has 1 rings (SSSR count). The molecular weight excluding hydrogens is 212 g/mol. The van der Waals surface area contributed by atoms with Crippen LogP contribution in [0.5, 0.6) is 0 Å². The lowest BCUT2D eigenvalue weighted by atomic mass is 10.1. The molecule has 0 aliphatic heterocycles. The maximum absolute atomic E-state index is 11.9. The highest BCUT2D eigenvalue weighted by molar-refractivity contribution is 5.76. The molecule has 0 unspecified atom stereocenters. The SMILES string of the molecule is CCCN(Cc1ccc(C)cc1)C(=O)CCN. The van der Waals surface area contributed by atoms with Crippen LogP contribution in [-0.2, 0) is 11.3 Å². The molecule has 0 atom stereocenters. The Hall–Kier alpha value is -1.35. The van der Waals surface area contributed by atoms with Crippen molar-refractivity contribution in [1.29, 1.82) is 0 Å². The van der Waals surface area contributed by atoms with E-state index in [0.29, 0.717) is 19.5 Å². The standard InChI is InChI=1S/C14H22N2O/c1-3-10-16(14(17)8-9-15)11-13-6-4-12(2)5-7-13/h4-7H,3,8-11,15H2,1-2H3. The normalized spacial score (nSPS) is 10.3. The summed E-state index contributed by atoms with van der Waals surface area (Å²) in [5, 5.41) is 0. The molecule has 0 heterocycles. The number of rotatable bonds is 6. The minimum atomic E-state index is 0.148. The van der Waals surface area contributed by atoms with E-state index in [1.54, 1.807) is 0 Å². The van der Waals surface area contributed by atoms with Crippen LogP contribution < -0.4 is 5.73 Å². The van der Waals surface area contributed by atoms with E-state index in [-0.39, 0.29) is 5.91 Å². The average Bonchev–Trinajstić information content (AvgIpc) is 2.31. The van der Waals surface area contributed by atoms with Crippen molar-refractivity contribution in [3.8, 4) is 0 Å². The molecule has 0 saturated heterocycles. The molecule has 0 aliphatic rings. The van der Waals surface area contributed by atoms with Crippen molar-refractivity contribution in [3.05, 3.63) is 35.4 Å². The van der Waals surface area contributed by atoms with Gasteiger partial charge in [-0.3, -0.25) is 4.79 Å². The van der Waals surface area contributed by atoms with Crippen LogP contribution in [0.2, 0.25) is 0 Å². The number of nitrogens with zero attached hydrogens (tertiary/aromatic N) is 1. The van der Waals surface area contributed by atoms with E-state index >= 15 is 0 Å². The zero-order chi connectivity index (χ0) is 12.7. The van der Waals surface area contributed by atoms with Gasteiger partial charge in [0, 0.05) is 26.1 Å². The lowest BCUT2D eigenvalue weighted by Crippen LogP contribution is -2.32. The third-order valence-electron chi connectivity index (χ3n) is 2.70. The highest BCUT2D eigenvalue weighted by Crippen LogP contribution is 2.08. The molecule has 1 aromatic carbocycles. The topological polar surface area (TPSA) is 46.3 Å². The van der Waals surface area contributed by atoms with Crippen LogP contribution >= 0.6 is 0 Å². The molecule has 0 aliphatic carbocycles. The Balaban J connectivity index is 2.65. The number of carbonyl (C=O) groups excluding carboxylic acids is 1. The van der Waals surface area contributed by atoms with Crippen LogP contribution in [0.1, 0.15) is 30.9 Å². The third-order valence-corrected chi connectivity index (χ3v) is 2.70. The Morgan fingerprint density at radius 1 is 1.29 bits per heavy atom. The fourth-order valence-corrected chi connectivity index (χ4v) is 1.76. The smallest absolute Gasteiger partial charge is 0.224 e. The fourth-order valence-electron chi connectivity index (χ4n) is 1.76. The second-order valence-corrected chi connectivity index (χ2v) is 4.34. The molecule has 1 amide bonds. The van der Waals surface area contributed by atoms with Gasteiger partial charge in [0.05, 0.1) is 0 Å². The Morgan fingerprint density at radius 3 is 2.47 bits per heavy atom. The van der Waals surface area contributed by atoms with Gasteiger partial charge in [-0.2, -0.15) is 0 Å². The first kappa shape index (κ1) is 13.7. The second kappa shape index (κ2) is 7.07. The van der Waals surface area contributed by atoms with Gasteiger partial charge in [-0.05, 0) is 18.9 Å². The summed E-state index contributed by atoms with van der Waals surface area (Å²) in [6.45, 7) is 6.05. The Kier molecular flexibility index (Phi) is 5.70. The van der Waals surface area contributed by atoms with Crippen molar-refractivity contribution < 1.29 is 4.79 Å². The van der Waals surface area contributed by atoms with Crippen LogP contribution in [0.4, 0.5) is 0 Å². The minimum absolute atomic E-state index is 0.148. The molecule has 0 aromatic heterocycles. The summed E-state index contributed by atoms with van der Waals surface area (Å²) in [4.78, 5) is 13.7. The molecule has 3 nitrogen and oxygen atoms in total. The molecule has 0 fully saturated rings. The van der Waals surface area contributed by atoms with Crippen LogP contribution in [0.3, 0.4) is 0 Å². The van der Waals surface area contributed by atoms with E-state index in [2.05, 4.69) is 38.1 Å². The number of carbonyl (C=O) groups is 1. The number of hydrogen-bond acceptors (Lipinski definition) is 2. The van der Waals surface area contributed by atoms with Gasteiger partial charge >= 0.3 is 0 Å². The van der Waals surface area contributed by atoms with Crippen LogP contribution in [0.15, 0.2) is 24.3 Å². The summed E-state index contributed by atoms with van der Waals surface area (Å²) >= 11 is 0. The highest BCUT2D eigenvalue weighted by Gasteiger charge is 2.11. The van der Waals surface area contributed by atoms with Crippen molar-refractivity contribution >= 4 is 5.91 Å². The van der Waals surface area contributed by atoms with Gasteiger partial charge in [-0.25, -0.2) is 0 Å². The minimum Gasteiger partial charge on any atom is -0.338 e. The molecule has 0 radical (unpaired) electrons. The second-order valence-electron chi connectivity index (χ2n) is 4.34. The summed E-state index contributed by atoms with van der Waals surface area (Å²) in [7, 11) is 0. The van der Waals surface area contributed by atoms with E-state index in [9.17, 15) is 4.79 Å². The van der Waals surface area contributed by atoms with Gasteiger partial charge in [-0.15, -0.1) is 0 Å². The molecule has 3 heteroatoms. The average molecular weight is 234 g/mol. The van der Waals surface area contributed by atoms with Crippen molar-refractivity contribution in [2.45, 2.75) is 33.2 Å². The number of nitrogens with two attached hydrogens (primary N) is 1. The summed E-state index contributed by atoms with van der Waals surface area (Å²) in [5.41, 5.74) is 7.84. The van der Waals surface area contributed by atoms with Crippen LogP contribution in [-0.4, -0.2) is 23.9 Å². The first-order chi connectivity index (χ1) is 8.17. The predicted molar refractivity (Wildman–Crippen MR) is 70.6 cm³/mol. The lowest BCUT2D eigenvalue weighted by molar-refractivity contribution is -0.131. The van der Waals surface area contributed by atoms with Gasteiger partial charge in [-0.1, -0.05) is 36.8 Å². The number of aryl methyl sites for hydroxylation is 1. The number of amides is 1. The number of hydrogen-bond donors (Lipinski definition) is 1. The van der Waals surface area contributed by atoms with Crippen molar-refractivity contribution in [3.63, 3.8) is 0 Å². The van der Waals surface area contributed by atoms with Gasteiger partial charge in [0.25, 0.3) is 0 Å². The van der Waals surface area contributed by atoms with Gasteiger partial charge < -0.3 is 10.6 Å². The monoisotopic (exact) mass is 234 g/mol. The molecule has 0 saturated carbocycles. The zero-order valence-corrected chi connectivity index (χ0v) is 10.8. The Morgan fingerprint density at radius 2 is 1.94 bits per heavy atom. The van der Waals surface area contributed by atoms with Crippen molar-refractivity contribution in [2.24, 2.45) is 5.73 Å². The van der Waals surface area contributed by atoms with Gasteiger partial charge in [0.2, 0.25) is 5.91 Å². The van der Waals surface area contributed by atoms with Gasteiger partial charge in [0.1, 0.15) is 0 Å². The van der Waals surface area contributed by atoms with Crippen LogP contribution in [0, 0.1) is 6.92 Å². The fraction of sp³-hybridized carbons (Fsp3) is 0.500. The molecule has 17 heavy (non-hydrogen) atoms. The Labute approximate surface area is 104 Å². The summed E-state index contributed by atoms with van der Waals surface area (Å²) < 4.78 is 0. The zero-order valence-electron chi connectivity index (χ0n) is 10.8. The van der Waals surface area contributed by atoms with E-state index in [0.717, 1.165) is 13.0 Å². The molecule has 94 valence electrons. The Bertz CT molecular complexity index is 346. The van der Waals surface area contributed by atoms with Crippen LogP contribution in [0.25, 0.3) is 0 Å². The predicted octanol–water partition coefficient (Wildman–Crippen LogP) is 2.08. The molecular formula is C14H22N2O. The molecule has 0 bridgehead atoms. The first-order valence-corrected chi connectivity index (χ1v) is 6.20. The summed E-state index contributed by atoms with van der Waals surface area (Å²) in [5.74, 6) is 0.148. The van der Waals surface area contributed by atoms with E-state index in [1.165, 1.54) is 11.1 Å². The number of benzene rings is 1. The molecule has 0 spiro atoms. The van der Waals surface area contributed by atoms with E-state index in [1.807, 2.05) is 4.90 Å². The quantitative estimate of drug-likeness (QED) is 0.819. The maximum atomic E-state index is 11.9. The van der Waals surface area contributed by atoms with Crippen molar-refractivity contribution in [1.82, 2.24) is 4.90 Å². The summed E-state index contributed by atoms with van der Waals surface area (Å²) in [6.07, 6.45) is 1.41. The third kappa shape index (κ3) is 4.57. The first-order valence-electron chi connectivity index (χ1n) is 6.20. The van der Waals surface area contributed by atoms with Crippen molar-refractivity contribution in [2.75, 3.05) is 13.1 Å². The maximum Gasteiger partial charge on any atom is 0.224 e.